The summed E-state index contributed by atoms with van der Waals surface area (Å²) >= 11 is 0. The molecule has 0 saturated heterocycles. The summed E-state index contributed by atoms with van der Waals surface area (Å²) in [6.07, 6.45) is 2.95. The van der Waals surface area contributed by atoms with Crippen molar-refractivity contribution in [1.82, 2.24) is 0 Å². The molecule has 0 heterocycles. The summed E-state index contributed by atoms with van der Waals surface area (Å²) < 4.78 is 5.23. The van der Waals surface area contributed by atoms with Crippen LogP contribution in [0.25, 0.3) is 0 Å². The molecule has 1 amide bonds. The van der Waals surface area contributed by atoms with Gasteiger partial charge in [-0.1, -0.05) is 12.8 Å². The van der Waals surface area contributed by atoms with Gasteiger partial charge in [0.25, 0.3) is 5.91 Å². The molecule has 1 aliphatic carbocycles. The lowest BCUT2D eigenvalue weighted by molar-refractivity contribution is -0.157. The van der Waals surface area contributed by atoms with E-state index >= 15 is 0 Å². The van der Waals surface area contributed by atoms with Gasteiger partial charge in [0.1, 0.15) is 0 Å². The van der Waals surface area contributed by atoms with E-state index in [-0.39, 0.29) is 23.6 Å². The summed E-state index contributed by atoms with van der Waals surface area (Å²) in [4.78, 5) is 35.1. The average Bonchev–Trinajstić information content (AvgIpc) is 3.02. The molecule has 1 aromatic rings. The fraction of sp³-hybridized carbons (Fsp3) is 0.471. The van der Waals surface area contributed by atoms with Gasteiger partial charge in [0.15, 0.2) is 11.9 Å². The van der Waals surface area contributed by atoms with Crippen LogP contribution in [-0.2, 0) is 14.3 Å². The first-order valence-electron chi connectivity index (χ1n) is 7.59. The van der Waals surface area contributed by atoms with Gasteiger partial charge in [-0.3, -0.25) is 14.4 Å². The van der Waals surface area contributed by atoms with Crippen molar-refractivity contribution in [3.63, 3.8) is 0 Å². The van der Waals surface area contributed by atoms with Gasteiger partial charge >= 0.3 is 5.97 Å². The molecule has 5 nitrogen and oxygen atoms in total. The highest BCUT2D eigenvalue weighted by Gasteiger charge is 2.27. The monoisotopic (exact) mass is 303 g/mol. The number of nitrogens with one attached hydrogen (secondary N) is 1. The number of ether oxygens (including phenoxy) is 1. The van der Waals surface area contributed by atoms with Crippen LogP contribution in [0, 0.1) is 5.92 Å². The van der Waals surface area contributed by atoms with Gasteiger partial charge in [0, 0.05) is 11.3 Å². The summed E-state index contributed by atoms with van der Waals surface area (Å²) in [6, 6.07) is 6.60. The number of Topliss-reactive ketones (excluding diaryl/α,β-unsaturated/α-hetero) is 1. The number of hydrogen-bond donors (Lipinski definition) is 1. The van der Waals surface area contributed by atoms with Crippen LogP contribution in [-0.4, -0.2) is 23.8 Å². The second-order valence-electron chi connectivity index (χ2n) is 5.68. The Balaban J connectivity index is 1.87. The molecule has 0 unspecified atom stereocenters. The molecule has 1 N–H and O–H groups in total. The summed E-state index contributed by atoms with van der Waals surface area (Å²) in [5, 5.41) is 2.68. The Morgan fingerprint density at radius 2 is 1.73 bits per heavy atom. The third kappa shape index (κ3) is 4.16. The molecular weight excluding hydrogens is 282 g/mol. The van der Waals surface area contributed by atoms with E-state index in [9.17, 15) is 14.4 Å². The molecule has 1 aliphatic rings. The minimum absolute atomic E-state index is 0.0308. The van der Waals surface area contributed by atoms with E-state index in [1.165, 1.54) is 6.92 Å². The maximum Gasteiger partial charge on any atom is 0.309 e. The van der Waals surface area contributed by atoms with Gasteiger partial charge in [-0.15, -0.1) is 0 Å². The maximum absolute atomic E-state index is 12.0. The minimum Gasteiger partial charge on any atom is -0.452 e. The largest absolute Gasteiger partial charge is 0.452 e. The number of amides is 1. The molecule has 0 spiro atoms. The van der Waals surface area contributed by atoms with Gasteiger partial charge in [0.2, 0.25) is 0 Å². The molecular formula is C17H21NO4. The van der Waals surface area contributed by atoms with Crippen LogP contribution in [0.4, 0.5) is 5.69 Å². The van der Waals surface area contributed by atoms with E-state index in [2.05, 4.69) is 5.32 Å². The molecule has 5 heteroatoms. The van der Waals surface area contributed by atoms with Crippen molar-refractivity contribution >= 4 is 23.3 Å². The van der Waals surface area contributed by atoms with Gasteiger partial charge in [0.05, 0.1) is 5.92 Å². The summed E-state index contributed by atoms with van der Waals surface area (Å²) in [5.41, 5.74) is 1.15. The van der Waals surface area contributed by atoms with Crippen molar-refractivity contribution < 1.29 is 19.1 Å². The second kappa shape index (κ2) is 7.20. The van der Waals surface area contributed by atoms with Gasteiger partial charge < -0.3 is 10.1 Å². The highest BCUT2D eigenvalue weighted by Crippen LogP contribution is 2.26. The number of carbonyl (C=O) groups is 3. The fourth-order valence-corrected chi connectivity index (χ4v) is 2.52. The first-order chi connectivity index (χ1) is 10.5. The Bertz CT molecular complexity index is 559. The number of esters is 1. The number of hydrogen-bond acceptors (Lipinski definition) is 4. The van der Waals surface area contributed by atoms with Crippen LogP contribution in [0.15, 0.2) is 24.3 Å². The third-order valence-corrected chi connectivity index (χ3v) is 3.91. The van der Waals surface area contributed by atoms with Crippen molar-refractivity contribution in [3.8, 4) is 0 Å². The SMILES string of the molecule is CC(=O)c1ccc(NC(=O)[C@H](C)OC(=O)C2CCCC2)cc1. The van der Waals surface area contributed by atoms with Crippen LogP contribution < -0.4 is 5.32 Å². The highest BCUT2D eigenvalue weighted by molar-refractivity contribution is 5.97. The predicted molar refractivity (Wildman–Crippen MR) is 82.6 cm³/mol. The zero-order valence-corrected chi connectivity index (χ0v) is 12.9. The zero-order chi connectivity index (χ0) is 16.1. The standard InChI is InChI=1S/C17H21NO4/c1-11(19)13-7-9-15(10-8-13)18-16(20)12(2)22-17(21)14-5-3-4-6-14/h7-10,12,14H,3-6H2,1-2H3,(H,18,20)/t12-/m0/s1. The van der Waals surface area contributed by atoms with Gasteiger partial charge in [-0.05, 0) is 51.0 Å². The van der Waals surface area contributed by atoms with Crippen molar-refractivity contribution in [3.05, 3.63) is 29.8 Å². The minimum atomic E-state index is -0.833. The fourth-order valence-electron chi connectivity index (χ4n) is 2.52. The number of ketones is 1. The lowest BCUT2D eigenvalue weighted by atomic mass is 10.1. The Labute approximate surface area is 130 Å². The number of anilines is 1. The average molecular weight is 303 g/mol. The molecule has 0 radical (unpaired) electrons. The molecule has 0 bridgehead atoms. The second-order valence-corrected chi connectivity index (χ2v) is 5.68. The van der Waals surface area contributed by atoms with Gasteiger partial charge in [-0.25, -0.2) is 0 Å². The van der Waals surface area contributed by atoms with E-state index in [1.54, 1.807) is 31.2 Å². The van der Waals surface area contributed by atoms with Crippen LogP contribution in [0.2, 0.25) is 0 Å². The highest BCUT2D eigenvalue weighted by atomic mass is 16.5. The smallest absolute Gasteiger partial charge is 0.309 e. The van der Waals surface area contributed by atoms with Crippen molar-refractivity contribution in [2.75, 3.05) is 5.32 Å². The Morgan fingerprint density at radius 1 is 1.14 bits per heavy atom. The van der Waals surface area contributed by atoms with Crippen LogP contribution in [0.1, 0.15) is 49.9 Å². The van der Waals surface area contributed by atoms with Crippen LogP contribution >= 0.6 is 0 Å². The molecule has 1 aromatic carbocycles. The van der Waals surface area contributed by atoms with Gasteiger partial charge in [-0.2, -0.15) is 0 Å². The first-order valence-corrected chi connectivity index (χ1v) is 7.59. The van der Waals surface area contributed by atoms with E-state index in [0.717, 1.165) is 25.7 Å². The van der Waals surface area contributed by atoms with Crippen molar-refractivity contribution in [1.29, 1.82) is 0 Å². The normalized spacial score (nSPS) is 16.1. The third-order valence-electron chi connectivity index (χ3n) is 3.91. The van der Waals surface area contributed by atoms with E-state index in [4.69, 9.17) is 4.74 Å². The lowest BCUT2D eigenvalue weighted by Crippen LogP contribution is -2.31. The predicted octanol–water partition coefficient (Wildman–Crippen LogP) is 2.95. The topological polar surface area (TPSA) is 72.5 Å². The summed E-state index contributed by atoms with van der Waals surface area (Å²) in [5.74, 6) is -0.754. The summed E-state index contributed by atoms with van der Waals surface area (Å²) in [6.45, 7) is 3.05. The molecule has 1 fully saturated rings. The molecule has 22 heavy (non-hydrogen) atoms. The molecule has 0 aliphatic heterocycles. The van der Waals surface area contributed by atoms with Crippen LogP contribution in [0.3, 0.4) is 0 Å². The molecule has 0 aromatic heterocycles. The molecule has 2 rings (SSSR count). The first kappa shape index (κ1) is 16.2. The zero-order valence-electron chi connectivity index (χ0n) is 12.9. The summed E-state index contributed by atoms with van der Waals surface area (Å²) in [7, 11) is 0. The lowest BCUT2D eigenvalue weighted by Gasteiger charge is -2.16. The van der Waals surface area contributed by atoms with E-state index in [0.29, 0.717) is 11.3 Å². The molecule has 1 atom stereocenters. The number of rotatable bonds is 5. The van der Waals surface area contributed by atoms with Crippen molar-refractivity contribution in [2.45, 2.75) is 45.6 Å². The molecule has 118 valence electrons. The molecule has 1 saturated carbocycles. The Morgan fingerprint density at radius 3 is 2.27 bits per heavy atom. The Hall–Kier alpha value is -2.17. The Kier molecular flexibility index (Phi) is 5.31. The van der Waals surface area contributed by atoms with E-state index in [1.807, 2.05) is 0 Å². The maximum atomic E-state index is 12.0. The van der Waals surface area contributed by atoms with Crippen LogP contribution in [0.5, 0.6) is 0 Å². The van der Waals surface area contributed by atoms with E-state index < -0.39 is 6.10 Å². The quantitative estimate of drug-likeness (QED) is 0.670. The number of benzene rings is 1. The van der Waals surface area contributed by atoms with Crippen molar-refractivity contribution in [2.24, 2.45) is 5.92 Å². The number of carbonyl (C=O) groups excluding carboxylic acids is 3.